The van der Waals surface area contributed by atoms with Crippen molar-refractivity contribution in [2.45, 2.75) is 51.0 Å². The van der Waals surface area contributed by atoms with Crippen LogP contribution in [0.4, 0.5) is 0 Å². The van der Waals surface area contributed by atoms with Crippen LogP contribution in [0.1, 0.15) is 44.9 Å². The molecular formula is C15H29N3O. The average molecular weight is 267 g/mol. The Kier molecular flexibility index (Phi) is 5.64. The Hall–Kier alpha value is -0.610. The molecule has 2 rings (SSSR count). The summed E-state index contributed by atoms with van der Waals surface area (Å²) in [6.45, 7) is 3.02. The van der Waals surface area contributed by atoms with Gasteiger partial charge in [-0.15, -0.1) is 0 Å². The van der Waals surface area contributed by atoms with Gasteiger partial charge < -0.3 is 16.0 Å². The van der Waals surface area contributed by atoms with E-state index in [0.717, 1.165) is 38.9 Å². The van der Waals surface area contributed by atoms with Crippen molar-refractivity contribution in [1.29, 1.82) is 0 Å². The normalized spacial score (nSPS) is 30.2. The minimum Gasteiger partial charge on any atom is -0.353 e. The first-order valence-corrected chi connectivity index (χ1v) is 7.85. The summed E-state index contributed by atoms with van der Waals surface area (Å²) in [4.78, 5) is 14.4. The number of nitrogens with zero attached hydrogens (tertiary/aromatic N) is 1. The Labute approximate surface area is 117 Å². The van der Waals surface area contributed by atoms with Crippen LogP contribution in [-0.2, 0) is 4.79 Å². The van der Waals surface area contributed by atoms with Crippen LogP contribution in [0.15, 0.2) is 0 Å². The topological polar surface area (TPSA) is 58.4 Å². The minimum absolute atomic E-state index is 0.269. The predicted molar refractivity (Wildman–Crippen MR) is 77.8 cm³/mol. The SMILES string of the molecule is CN1CCC(NC(=O)CC2CCC(CN)CC2)CC1. The number of carbonyl (C=O) groups excluding carboxylic acids is 1. The molecule has 0 atom stereocenters. The van der Waals surface area contributed by atoms with Gasteiger partial charge in [-0.3, -0.25) is 4.79 Å². The summed E-state index contributed by atoms with van der Waals surface area (Å²) < 4.78 is 0. The number of likely N-dealkylation sites (tertiary alicyclic amines) is 1. The van der Waals surface area contributed by atoms with Crippen LogP contribution in [0.2, 0.25) is 0 Å². The van der Waals surface area contributed by atoms with E-state index < -0.39 is 0 Å². The fourth-order valence-electron chi connectivity index (χ4n) is 3.37. The van der Waals surface area contributed by atoms with E-state index in [0.29, 0.717) is 17.9 Å². The van der Waals surface area contributed by atoms with E-state index in [2.05, 4.69) is 17.3 Å². The number of nitrogens with one attached hydrogen (secondary N) is 1. The van der Waals surface area contributed by atoms with Gasteiger partial charge in [0.05, 0.1) is 0 Å². The maximum Gasteiger partial charge on any atom is 0.220 e. The van der Waals surface area contributed by atoms with Gasteiger partial charge in [-0.1, -0.05) is 0 Å². The molecule has 2 fully saturated rings. The Morgan fingerprint density at radius 1 is 1.11 bits per heavy atom. The van der Waals surface area contributed by atoms with Gasteiger partial charge in [0.15, 0.2) is 0 Å². The largest absolute Gasteiger partial charge is 0.353 e. The van der Waals surface area contributed by atoms with Crippen LogP contribution in [0.5, 0.6) is 0 Å². The van der Waals surface area contributed by atoms with E-state index in [1.54, 1.807) is 0 Å². The summed E-state index contributed by atoms with van der Waals surface area (Å²) in [7, 11) is 2.15. The van der Waals surface area contributed by atoms with Gasteiger partial charge in [-0.2, -0.15) is 0 Å². The Balaban J connectivity index is 1.64. The van der Waals surface area contributed by atoms with Crippen LogP contribution in [0.25, 0.3) is 0 Å². The van der Waals surface area contributed by atoms with Crippen LogP contribution in [-0.4, -0.2) is 43.5 Å². The van der Waals surface area contributed by atoms with E-state index in [9.17, 15) is 4.79 Å². The number of piperidine rings is 1. The quantitative estimate of drug-likeness (QED) is 0.808. The zero-order chi connectivity index (χ0) is 13.7. The van der Waals surface area contributed by atoms with E-state index >= 15 is 0 Å². The summed E-state index contributed by atoms with van der Waals surface area (Å²) >= 11 is 0. The molecule has 0 aromatic rings. The van der Waals surface area contributed by atoms with Crippen molar-refractivity contribution in [2.24, 2.45) is 17.6 Å². The van der Waals surface area contributed by atoms with Crippen LogP contribution < -0.4 is 11.1 Å². The lowest BCUT2D eigenvalue weighted by molar-refractivity contribution is -0.123. The number of hydrogen-bond donors (Lipinski definition) is 2. The van der Waals surface area contributed by atoms with Crippen molar-refractivity contribution >= 4 is 5.91 Å². The van der Waals surface area contributed by atoms with Gasteiger partial charge in [0.25, 0.3) is 0 Å². The third-order valence-corrected chi connectivity index (χ3v) is 4.86. The molecule has 0 bridgehead atoms. The molecule has 110 valence electrons. The molecule has 1 saturated carbocycles. The smallest absolute Gasteiger partial charge is 0.220 e. The second-order valence-electron chi connectivity index (χ2n) is 6.47. The Morgan fingerprint density at radius 3 is 2.26 bits per heavy atom. The highest BCUT2D eigenvalue weighted by molar-refractivity contribution is 5.76. The summed E-state index contributed by atoms with van der Waals surface area (Å²) in [5.41, 5.74) is 5.70. The zero-order valence-corrected chi connectivity index (χ0v) is 12.2. The third-order valence-electron chi connectivity index (χ3n) is 4.86. The highest BCUT2D eigenvalue weighted by atomic mass is 16.1. The number of hydrogen-bond acceptors (Lipinski definition) is 3. The van der Waals surface area contributed by atoms with Crippen molar-refractivity contribution in [3.05, 3.63) is 0 Å². The molecule has 0 aromatic carbocycles. The van der Waals surface area contributed by atoms with E-state index in [1.807, 2.05) is 0 Å². The average Bonchev–Trinajstić information content (AvgIpc) is 2.42. The van der Waals surface area contributed by atoms with Gasteiger partial charge in [0.1, 0.15) is 0 Å². The summed E-state index contributed by atoms with van der Waals surface area (Å²) in [6.07, 6.45) is 7.71. The molecule has 3 N–H and O–H groups in total. The third kappa shape index (κ3) is 4.77. The van der Waals surface area contributed by atoms with Gasteiger partial charge >= 0.3 is 0 Å². The summed E-state index contributed by atoms with van der Waals surface area (Å²) in [6, 6.07) is 0.407. The second kappa shape index (κ2) is 7.25. The Morgan fingerprint density at radius 2 is 1.68 bits per heavy atom. The first-order chi connectivity index (χ1) is 9.17. The number of amides is 1. The van der Waals surface area contributed by atoms with E-state index in [4.69, 9.17) is 5.73 Å². The lowest BCUT2D eigenvalue weighted by Crippen LogP contribution is -2.43. The number of nitrogens with two attached hydrogens (primary N) is 1. The van der Waals surface area contributed by atoms with Crippen molar-refractivity contribution in [1.82, 2.24) is 10.2 Å². The molecule has 4 heteroatoms. The maximum atomic E-state index is 12.1. The van der Waals surface area contributed by atoms with Gasteiger partial charge in [0, 0.05) is 12.5 Å². The number of carbonyl (C=O) groups is 1. The summed E-state index contributed by atoms with van der Waals surface area (Å²) in [5, 5.41) is 3.22. The molecular weight excluding hydrogens is 238 g/mol. The summed E-state index contributed by atoms with van der Waals surface area (Å²) in [5.74, 6) is 1.56. The van der Waals surface area contributed by atoms with Gasteiger partial charge in [0.2, 0.25) is 5.91 Å². The fourth-order valence-corrected chi connectivity index (χ4v) is 3.37. The van der Waals surface area contributed by atoms with E-state index in [-0.39, 0.29) is 5.91 Å². The van der Waals surface area contributed by atoms with Gasteiger partial charge in [-0.25, -0.2) is 0 Å². The highest BCUT2D eigenvalue weighted by Crippen LogP contribution is 2.30. The first-order valence-electron chi connectivity index (χ1n) is 7.85. The second-order valence-corrected chi connectivity index (χ2v) is 6.47. The number of rotatable bonds is 4. The lowest BCUT2D eigenvalue weighted by atomic mass is 9.80. The van der Waals surface area contributed by atoms with Crippen molar-refractivity contribution in [3.63, 3.8) is 0 Å². The predicted octanol–water partition coefficient (Wildman–Crippen LogP) is 1.35. The standard InChI is InChI=1S/C15H29N3O/c1-18-8-6-14(7-9-18)17-15(19)10-12-2-4-13(11-16)5-3-12/h12-14H,2-11,16H2,1H3,(H,17,19). The Bertz CT molecular complexity index is 279. The molecule has 1 aliphatic heterocycles. The highest BCUT2D eigenvalue weighted by Gasteiger charge is 2.24. The molecule has 1 saturated heterocycles. The van der Waals surface area contributed by atoms with Crippen LogP contribution >= 0.6 is 0 Å². The van der Waals surface area contributed by atoms with Gasteiger partial charge in [-0.05, 0) is 77.0 Å². The van der Waals surface area contributed by atoms with Crippen molar-refractivity contribution < 1.29 is 4.79 Å². The fraction of sp³-hybridized carbons (Fsp3) is 0.933. The van der Waals surface area contributed by atoms with Crippen molar-refractivity contribution in [3.8, 4) is 0 Å². The van der Waals surface area contributed by atoms with Crippen LogP contribution in [0, 0.1) is 11.8 Å². The van der Waals surface area contributed by atoms with E-state index in [1.165, 1.54) is 25.7 Å². The molecule has 0 spiro atoms. The maximum absolute atomic E-state index is 12.1. The molecule has 0 aromatic heterocycles. The minimum atomic E-state index is 0.269. The molecule has 1 amide bonds. The molecule has 1 heterocycles. The monoisotopic (exact) mass is 267 g/mol. The molecule has 19 heavy (non-hydrogen) atoms. The first kappa shape index (κ1) is 14.8. The molecule has 0 radical (unpaired) electrons. The molecule has 0 unspecified atom stereocenters. The van der Waals surface area contributed by atoms with Crippen molar-refractivity contribution in [2.75, 3.05) is 26.7 Å². The zero-order valence-electron chi connectivity index (χ0n) is 12.2. The lowest BCUT2D eigenvalue weighted by Gasteiger charge is -2.31. The molecule has 1 aliphatic carbocycles. The molecule has 4 nitrogen and oxygen atoms in total. The van der Waals surface area contributed by atoms with Crippen LogP contribution in [0.3, 0.4) is 0 Å². The molecule has 2 aliphatic rings.